The second kappa shape index (κ2) is 7.82. The molecule has 7 nitrogen and oxygen atoms in total. The average Bonchev–Trinajstić information content (AvgIpc) is 3.14. The lowest BCUT2D eigenvalue weighted by molar-refractivity contribution is -0.132. The molecule has 1 aliphatic heterocycles. The van der Waals surface area contributed by atoms with Crippen LogP contribution in [-0.2, 0) is 29.0 Å². The fraction of sp³-hybridized carbons (Fsp3) is 0.286. The van der Waals surface area contributed by atoms with E-state index in [1.165, 1.54) is 10.6 Å². The molecule has 1 amide bonds. The van der Waals surface area contributed by atoms with E-state index >= 15 is 0 Å². The first-order valence-corrected chi connectivity index (χ1v) is 9.15. The topological polar surface area (TPSA) is 77.6 Å². The Morgan fingerprint density at radius 1 is 1.21 bits per heavy atom. The Balaban J connectivity index is 1.51. The van der Waals surface area contributed by atoms with Crippen molar-refractivity contribution in [3.05, 3.63) is 88.0 Å². The normalized spacial score (nSPS) is 14.5. The molecular formula is C21H21N3O4. The highest BCUT2D eigenvalue weighted by Crippen LogP contribution is 2.29. The SMILES string of the molecule is COC(c1ccccc1)c1nc2c(o1)CCN(C(=O)Cn1ccccc1=O)C2. The molecule has 0 radical (unpaired) electrons. The van der Waals surface area contributed by atoms with Gasteiger partial charge in [0.15, 0.2) is 6.10 Å². The van der Waals surface area contributed by atoms with Crippen LogP contribution in [-0.4, -0.2) is 34.0 Å². The summed E-state index contributed by atoms with van der Waals surface area (Å²) >= 11 is 0. The fourth-order valence-corrected chi connectivity index (χ4v) is 3.39. The first-order chi connectivity index (χ1) is 13.7. The molecule has 2 aromatic heterocycles. The average molecular weight is 379 g/mol. The molecule has 4 rings (SSSR count). The fourth-order valence-electron chi connectivity index (χ4n) is 3.39. The van der Waals surface area contributed by atoms with E-state index in [1.807, 2.05) is 30.3 Å². The number of benzene rings is 1. The van der Waals surface area contributed by atoms with E-state index in [1.54, 1.807) is 30.3 Å². The lowest BCUT2D eigenvalue weighted by Crippen LogP contribution is -2.39. The maximum atomic E-state index is 12.6. The largest absolute Gasteiger partial charge is 0.442 e. The van der Waals surface area contributed by atoms with Crippen molar-refractivity contribution in [1.29, 1.82) is 0 Å². The van der Waals surface area contributed by atoms with Crippen molar-refractivity contribution in [3.8, 4) is 0 Å². The number of hydrogen-bond donors (Lipinski definition) is 0. The highest BCUT2D eigenvalue weighted by atomic mass is 16.5. The molecule has 1 aromatic carbocycles. The predicted molar refractivity (Wildman–Crippen MR) is 102 cm³/mol. The van der Waals surface area contributed by atoms with Crippen molar-refractivity contribution in [1.82, 2.24) is 14.5 Å². The van der Waals surface area contributed by atoms with Crippen molar-refractivity contribution in [2.24, 2.45) is 0 Å². The summed E-state index contributed by atoms with van der Waals surface area (Å²) in [6.07, 6.45) is 1.81. The van der Waals surface area contributed by atoms with Gasteiger partial charge >= 0.3 is 0 Å². The molecule has 3 aromatic rings. The second-order valence-electron chi connectivity index (χ2n) is 6.68. The predicted octanol–water partition coefficient (Wildman–Crippen LogP) is 2.16. The third-order valence-corrected chi connectivity index (χ3v) is 4.86. The monoisotopic (exact) mass is 379 g/mol. The van der Waals surface area contributed by atoms with Crippen LogP contribution in [0.2, 0.25) is 0 Å². The lowest BCUT2D eigenvalue weighted by Gasteiger charge is -2.25. The molecule has 0 N–H and O–H groups in total. The van der Waals surface area contributed by atoms with E-state index in [4.69, 9.17) is 9.15 Å². The van der Waals surface area contributed by atoms with Crippen LogP contribution in [0.1, 0.15) is 29.0 Å². The number of hydrogen-bond acceptors (Lipinski definition) is 5. The van der Waals surface area contributed by atoms with Crippen LogP contribution in [0.15, 0.2) is 63.9 Å². The summed E-state index contributed by atoms with van der Waals surface area (Å²) < 4.78 is 12.9. The summed E-state index contributed by atoms with van der Waals surface area (Å²) in [6.45, 7) is 0.917. The number of fused-ring (bicyclic) bond motifs is 1. The summed E-state index contributed by atoms with van der Waals surface area (Å²) in [7, 11) is 1.62. The van der Waals surface area contributed by atoms with Gasteiger partial charge in [0.05, 0.1) is 6.54 Å². The molecular weight excluding hydrogens is 358 g/mol. The maximum Gasteiger partial charge on any atom is 0.250 e. The van der Waals surface area contributed by atoms with Gasteiger partial charge in [0.25, 0.3) is 5.56 Å². The third kappa shape index (κ3) is 3.61. The van der Waals surface area contributed by atoms with Gasteiger partial charge in [0, 0.05) is 32.3 Å². The Kier molecular flexibility index (Phi) is 5.08. The van der Waals surface area contributed by atoms with Crippen LogP contribution in [0.5, 0.6) is 0 Å². The van der Waals surface area contributed by atoms with Crippen LogP contribution in [0.3, 0.4) is 0 Å². The third-order valence-electron chi connectivity index (χ3n) is 4.86. The number of oxazole rings is 1. The number of aromatic nitrogens is 2. The number of nitrogens with zero attached hydrogens (tertiary/aromatic N) is 3. The van der Waals surface area contributed by atoms with E-state index in [0.29, 0.717) is 25.4 Å². The number of amides is 1. The molecule has 0 saturated carbocycles. The van der Waals surface area contributed by atoms with Crippen LogP contribution < -0.4 is 5.56 Å². The van der Waals surface area contributed by atoms with Crippen molar-refractivity contribution in [2.45, 2.75) is 25.6 Å². The second-order valence-corrected chi connectivity index (χ2v) is 6.68. The molecule has 144 valence electrons. The molecule has 28 heavy (non-hydrogen) atoms. The van der Waals surface area contributed by atoms with E-state index < -0.39 is 0 Å². The Bertz CT molecular complexity index is 1030. The number of pyridine rings is 1. The molecule has 3 heterocycles. The van der Waals surface area contributed by atoms with Crippen LogP contribution >= 0.6 is 0 Å². The van der Waals surface area contributed by atoms with Gasteiger partial charge in [0.2, 0.25) is 11.8 Å². The Labute approximate surface area is 162 Å². The molecule has 7 heteroatoms. The minimum atomic E-state index is -0.390. The number of rotatable bonds is 5. The summed E-state index contributed by atoms with van der Waals surface area (Å²) in [5.74, 6) is 1.16. The van der Waals surface area contributed by atoms with Crippen LogP contribution in [0.4, 0.5) is 0 Å². The summed E-state index contributed by atoms with van der Waals surface area (Å²) in [6, 6.07) is 14.6. The molecule has 0 saturated heterocycles. The maximum absolute atomic E-state index is 12.6. The zero-order valence-electron chi connectivity index (χ0n) is 15.6. The zero-order valence-corrected chi connectivity index (χ0v) is 15.6. The first kappa shape index (κ1) is 18.2. The van der Waals surface area contributed by atoms with Gasteiger partial charge < -0.3 is 18.6 Å². The van der Waals surface area contributed by atoms with Gasteiger partial charge in [0.1, 0.15) is 18.0 Å². The van der Waals surface area contributed by atoms with E-state index in [0.717, 1.165) is 17.0 Å². The van der Waals surface area contributed by atoms with Gasteiger partial charge in [-0.3, -0.25) is 9.59 Å². The Morgan fingerprint density at radius 2 is 2.00 bits per heavy atom. The van der Waals surface area contributed by atoms with Crippen LogP contribution in [0, 0.1) is 0 Å². The molecule has 0 spiro atoms. The van der Waals surface area contributed by atoms with Gasteiger partial charge in [-0.1, -0.05) is 36.4 Å². The molecule has 0 bridgehead atoms. The van der Waals surface area contributed by atoms with Crippen molar-refractivity contribution < 1.29 is 13.9 Å². The van der Waals surface area contributed by atoms with Crippen molar-refractivity contribution >= 4 is 5.91 Å². The smallest absolute Gasteiger partial charge is 0.250 e. The first-order valence-electron chi connectivity index (χ1n) is 9.15. The molecule has 0 fully saturated rings. The quantitative estimate of drug-likeness (QED) is 0.679. The molecule has 1 aliphatic rings. The molecule has 1 atom stereocenters. The standard InChI is InChI=1S/C21H21N3O4/c1-27-20(15-7-3-2-4-8-15)21-22-16-13-24(12-10-17(16)28-21)19(26)14-23-11-6-5-9-18(23)25/h2-9,11,20H,10,12-14H2,1H3. The summed E-state index contributed by atoms with van der Waals surface area (Å²) in [5, 5.41) is 0. The number of ether oxygens (including phenoxy) is 1. The van der Waals surface area contributed by atoms with Gasteiger partial charge in [-0.05, 0) is 11.6 Å². The molecule has 0 aliphatic carbocycles. The summed E-state index contributed by atoms with van der Waals surface area (Å²) in [5.41, 5.74) is 1.51. The zero-order chi connectivity index (χ0) is 19.5. The van der Waals surface area contributed by atoms with E-state index in [-0.39, 0.29) is 24.1 Å². The van der Waals surface area contributed by atoms with Gasteiger partial charge in [-0.15, -0.1) is 0 Å². The van der Waals surface area contributed by atoms with Gasteiger partial charge in [-0.25, -0.2) is 4.98 Å². The van der Waals surface area contributed by atoms with Crippen LogP contribution in [0.25, 0.3) is 0 Å². The number of carbonyl (C=O) groups excluding carboxylic acids is 1. The van der Waals surface area contributed by atoms with E-state index in [9.17, 15) is 9.59 Å². The lowest BCUT2D eigenvalue weighted by atomic mass is 10.1. The highest BCUT2D eigenvalue weighted by Gasteiger charge is 2.28. The van der Waals surface area contributed by atoms with Crippen molar-refractivity contribution in [2.75, 3.05) is 13.7 Å². The summed E-state index contributed by atoms with van der Waals surface area (Å²) in [4.78, 5) is 30.8. The van der Waals surface area contributed by atoms with Crippen molar-refractivity contribution in [3.63, 3.8) is 0 Å². The number of methoxy groups -OCH3 is 1. The highest BCUT2D eigenvalue weighted by molar-refractivity contribution is 5.76. The minimum Gasteiger partial charge on any atom is -0.442 e. The molecule has 1 unspecified atom stereocenters. The Morgan fingerprint density at radius 3 is 2.75 bits per heavy atom. The number of carbonyl (C=O) groups is 1. The minimum absolute atomic E-state index is 0.0183. The van der Waals surface area contributed by atoms with Gasteiger partial charge in [-0.2, -0.15) is 0 Å². The van der Waals surface area contributed by atoms with E-state index in [2.05, 4.69) is 4.98 Å². The Hall–Kier alpha value is -3.19.